The minimum atomic E-state index is -0.0288. The molecule has 1 amide bonds. The van der Waals surface area contributed by atoms with Gasteiger partial charge >= 0.3 is 0 Å². The van der Waals surface area contributed by atoms with Crippen molar-refractivity contribution in [2.24, 2.45) is 0 Å². The van der Waals surface area contributed by atoms with E-state index in [2.05, 4.69) is 46.9 Å². The summed E-state index contributed by atoms with van der Waals surface area (Å²) >= 11 is 3.18. The van der Waals surface area contributed by atoms with Crippen LogP contribution in [0.1, 0.15) is 33.8 Å². The number of amides is 1. The van der Waals surface area contributed by atoms with E-state index in [-0.39, 0.29) is 11.5 Å². The highest BCUT2D eigenvalue weighted by Crippen LogP contribution is 2.34. The first-order valence-corrected chi connectivity index (χ1v) is 13.2. The molecule has 0 radical (unpaired) electrons. The smallest absolute Gasteiger partial charge is 0.259 e. The van der Waals surface area contributed by atoms with E-state index in [1.165, 1.54) is 39.0 Å². The lowest BCUT2D eigenvalue weighted by molar-refractivity contribution is -0.128. The number of nitrogens with zero attached hydrogens (tertiary/aromatic N) is 3. The lowest BCUT2D eigenvalue weighted by atomic mass is 10.1. The molecule has 1 aliphatic heterocycles. The van der Waals surface area contributed by atoms with Gasteiger partial charge in [0.05, 0.1) is 16.9 Å². The number of anilines is 1. The van der Waals surface area contributed by atoms with E-state index in [0.29, 0.717) is 17.3 Å². The Kier molecular flexibility index (Phi) is 5.99. The Hall–Kier alpha value is -2.32. The van der Waals surface area contributed by atoms with Gasteiger partial charge in [-0.3, -0.25) is 9.59 Å². The van der Waals surface area contributed by atoms with Crippen molar-refractivity contribution in [1.82, 2.24) is 14.9 Å². The van der Waals surface area contributed by atoms with Crippen LogP contribution in [-0.4, -0.2) is 52.7 Å². The van der Waals surface area contributed by atoms with Crippen LogP contribution in [0.4, 0.5) is 5.69 Å². The quantitative estimate of drug-likeness (QED) is 0.619. The Morgan fingerprint density at radius 2 is 2.00 bits per heavy atom. The number of aromatic nitrogens is 2. The van der Waals surface area contributed by atoms with E-state index in [4.69, 9.17) is 0 Å². The molecule has 6 nitrogen and oxygen atoms in total. The lowest BCUT2D eigenvalue weighted by Gasteiger charge is -2.37. The number of rotatable bonds is 5. The molecule has 2 aromatic heterocycles. The highest BCUT2D eigenvalue weighted by atomic mass is 32.2. The van der Waals surface area contributed by atoms with Gasteiger partial charge < -0.3 is 14.8 Å². The SMILES string of the molecule is Cc1cccc(N2CCN(C(=O)CSCc3nc4sc5c(c4c(=O)[nH]3)CCC5)CC2)c1C. The zero-order valence-corrected chi connectivity index (χ0v) is 20.2. The standard InChI is InChI=1S/C24H28N4O2S2/c1-15-5-3-7-18(16(15)2)27-9-11-28(12-10-27)21(29)14-31-13-20-25-23(30)22-17-6-4-8-19(17)32-24(22)26-20/h3,5,7H,4,6,8-14H2,1-2H3,(H,25,26,30). The molecule has 5 rings (SSSR count). The first-order valence-electron chi connectivity index (χ1n) is 11.2. The number of carbonyl (C=O) groups excluding carboxylic acids is 1. The predicted molar refractivity (Wildman–Crippen MR) is 133 cm³/mol. The highest BCUT2D eigenvalue weighted by molar-refractivity contribution is 7.99. The summed E-state index contributed by atoms with van der Waals surface area (Å²) in [4.78, 5) is 39.4. The van der Waals surface area contributed by atoms with Crippen LogP contribution in [0.5, 0.6) is 0 Å². The van der Waals surface area contributed by atoms with E-state index in [0.717, 1.165) is 55.7 Å². The second kappa shape index (κ2) is 8.90. The number of fused-ring (bicyclic) bond motifs is 3. The fourth-order valence-corrected chi connectivity index (χ4v) is 6.79. The molecule has 0 bridgehead atoms. The van der Waals surface area contributed by atoms with Crippen molar-refractivity contribution in [2.75, 3.05) is 36.8 Å². The molecule has 2 aliphatic rings. The number of hydrogen-bond acceptors (Lipinski definition) is 6. The number of thiophene rings is 1. The van der Waals surface area contributed by atoms with Crippen LogP contribution < -0.4 is 10.5 Å². The van der Waals surface area contributed by atoms with E-state index in [1.807, 2.05) is 4.90 Å². The highest BCUT2D eigenvalue weighted by Gasteiger charge is 2.23. The molecule has 0 unspecified atom stereocenters. The van der Waals surface area contributed by atoms with Crippen molar-refractivity contribution in [2.45, 2.75) is 38.9 Å². The number of nitrogens with one attached hydrogen (secondary N) is 1. The van der Waals surface area contributed by atoms with Gasteiger partial charge in [0.25, 0.3) is 5.56 Å². The monoisotopic (exact) mass is 468 g/mol. The summed E-state index contributed by atoms with van der Waals surface area (Å²) in [6.07, 6.45) is 3.18. The summed E-state index contributed by atoms with van der Waals surface area (Å²) in [5, 5.41) is 0.786. The second-order valence-corrected chi connectivity index (χ2v) is 10.7. The molecule has 0 atom stereocenters. The van der Waals surface area contributed by atoms with Gasteiger partial charge in [-0.25, -0.2) is 4.98 Å². The van der Waals surface area contributed by atoms with Crippen LogP contribution >= 0.6 is 23.1 Å². The average molecular weight is 469 g/mol. The lowest BCUT2D eigenvalue weighted by Crippen LogP contribution is -2.49. The van der Waals surface area contributed by atoms with Crippen molar-refractivity contribution in [1.29, 1.82) is 0 Å². The maximum absolute atomic E-state index is 12.7. The van der Waals surface area contributed by atoms with Gasteiger partial charge in [-0.2, -0.15) is 0 Å². The van der Waals surface area contributed by atoms with E-state index in [9.17, 15) is 9.59 Å². The van der Waals surface area contributed by atoms with Gasteiger partial charge in [0.2, 0.25) is 5.91 Å². The summed E-state index contributed by atoms with van der Waals surface area (Å²) in [6.45, 7) is 7.51. The molecule has 1 N–H and O–H groups in total. The van der Waals surface area contributed by atoms with Crippen LogP contribution in [0, 0.1) is 13.8 Å². The maximum Gasteiger partial charge on any atom is 0.259 e. The molecule has 1 aromatic carbocycles. The number of H-pyrrole nitrogens is 1. The van der Waals surface area contributed by atoms with Crippen LogP contribution in [-0.2, 0) is 23.4 Å². The number of thioether (sulfide) groups is 1. The summed E-state index contributed by atoms with van der Waals surface area (Å²) in [7, 11) is 0. The molecule has 3 heterocycles. The predicted octanol–water partition coefficient (Wildman–Crippen LogP) is 3.67. The first kappa shape index (κ1) is 21.5. The zero-order chi connectivity index (χ0) is 22.2. The van der Waals surface area contributed by atoms with Crippen molar-refractivity contribution >= 4 is 44.9 Å². The van der Waals surface area contributed by atoms with Gasteiger partial charge in [-0.15, -0.1) is 23.1 Å². The fourth-order valence-electron chi connectivity index (χ4n) is 4.72. The fraction of sp³-hybridized carbons (Fsp3) is 0.458. The summed E-state index contributed by atoms with van der Waals surface area (Å²) < 4.78 is 0. The van der Waals surface area contributed by atoms with Gasteiger partial charge in [0, 0.05) is 36.7 Å². The van der Waals surface area contributed by atoms with E-state index in [1.54, 1.807) is 11.3 Å². The van der Waals surface area contributed by atoms with Crippen molar-refractivity contribution in [3.63, 3.8) is 0 Å². The summed E-state index contributed by atoms with van der Waals surface area (Å²) in [6, 6.07) is 6.41. The Morgan fingerprint density at radius 1 is 1.19 bits per heavy atom. The maximum atomic E-state index is 12.7. The van der Waals surface area contributed by atoms with Gasteiger partial charge in [-0.05, 0) is 55.9 Å². The molecule has 3 aromatic rings. The summed E-state index contributed by atoms with van der Waals surface area (Å²) in [5.74, 6) is 1.78. The number of piperazine rings is 1. The van der Waals surface area contributed by atoms with Gasteiger partial charge in [0.1, 0.15) is 10.7 Å². The minimum Gasteiger partial charge on any atom is -0.368 e. The Bertz CT molecular complexity index is 1220. The normalized spacial score (nSPS) is 16.1. The topological polar surface area (TPSA) is 69.3 Å². The van der Waals surface area contributed by atoms with Crippen LogP contribution in [0.3, 0.4) is 0 Å². The third-order valence-corrected chi connectivity index (χ3v) is 8.75. The van der Waals surface area contributed by atoms with Gasteiger partial charge in [0.15, 0.2) is 0 Å². The molecule has 168 valence electrons. The molecular weight excluding hydrogens is 440 g/mol. The molecular formula is C24H28N4O2S2. The molecule has 32 heavy (non-hydrogen) atoms. The third kappa shape index (κ3) is 4.06. The van der Waals surface area contributed by atoms with E-state index >= 15 is 0 Å². The largest absolute Gasteiger partial charge is 0.368 e. The molecule has 0 saturated carbocycles. The average Bonchev–Trinajstić information content (AvgIpc) is 3.37. The number of carbonyl (C=O) groups is 1. The van der Waals surface area contributed by atoms with Crippen LogP contribution in [0.2, 0.25) is 0 Å². The molecule has 1 aliphatic carbocycles. The number of benzene rings is 1. The zero-order valence-electron chi connectivity index (χ0n) is 18.6. The van der Waals surface area contributed by atoms with Crippen molar-refractivity contribution in [3.05, 3.63) is 55.9 Å². The molecule has 1 fully saturated rings. The van der Waals surface area contributed by atoms with Crippen molar-refractivity contribution in [3.8, 4) is 0 Å². The Balaban J connectivity index is 1.15. The third-order valence-electron chi connectivity index (χ3n) is 6.64. The molecule has 0 spiro atoms. The Morgan fingerprint density at radius 3 is 2.81 bits per heavy atom. The Labute approximate surface area is 196 Å². The van der Waals surface area contributed by atoms with Gasteiger partial charge in [-0.1, -0.05) is 12.1 Å². The molecule has 1 saturated heterocycles. The minimum absolute atomic E-state index is 0.0288. The van der Waals surface area contributed by atoms with Crippen molar-refractivity contribution < 1.29 is 4.79 Å². The summed E-state index contributed by atoms with van der Waals surface area (Å²) in [5.41, 5.74) is 5.06. The number of aryl methyl sites for hydroxylation is 3. The van der Waals surface area contributed by atoms with Crippen LogP contribution in [0.15, 0.2) is 23.0 Å². The molecule has 8 heteroatoms. The number of aromatic amines is 1. The van der Waals surface area contributed by atoms with Crippen LogP contribution in [0.25, 0.3) is 10.2 Å². The second-order valence-electron chi connectivity index (χ2n) is 8.63. The first-order chi connectivity index (χ1) is 15.5. The number of hydrogen-bond donors (Lipinski definition) is 1. The van der Waals surface area contributed by atoms with E-state index < -0.39 is 0 Å².